The first-order valence-electron chi connectivity index (χ1n) is 7.33. The van der Waals surface area contributed by atoms with Crippen LogP contribution >= 0.6 is 0 Å². The second kappa shape index (κ2) is 6.10. The number of aliphatic hydroxyl groups excluding tert-OH is 1. The van der Waals surface area contributed by atoms with E-state index < -0.39 is 6.10 Å². The minimum Gasteiger partial charge on any atom is -0.391 e. The Hall–Kier alpha value is -1.14. The monoisotopic (exact) mass is 283 g/mol. The minimum atomic E-state index is -0.441. The van der Waals surface area contributed by atoms with Crippen molar-refractivity contribution in [3.63, 3.8) is 0 Å². The van der Waals surface area contributed by atoms with Crippen LogP contribution in [0.1, 0.15) is 19.8 Å². The number of likely N-dealkylation sites (tertiary alicyclic amines) is 2. The van der Waals surface area contributed by atoms with E-state index in [4.69, 9.17) is 0 Å². The largest absolute Gasteiger partial charge is 0.391 e. The number of β-amino-alcohol motifs (C(OH)–C–C–N with tert-alkyl or cyclic N) is 1. The minimum absolute atomic E-state index is 0.0256. The molecule has 3 unspecified atom stereocenters. The summed E-state index contributed by atoms with van der Waals surface area (Å²) in [5.74, 6) is -0.148. The van der Waals surface area contributed by atoms with Gasteiger partial charge in [-0.15, -0.1) is 0 Å². The van der Waals surface area contributed by atoms with Gasteiger partial charge >= 0.3 is 0 Å². The summed E-state index contributed by atoms with van der Waals surface area (Å²) in [6.07, 6.45) is 0.499. The number of carbonyl (C=O) groups excluding carboxylic acids is 2. The van der Waals surface area contributed by atoms with Gasteiger partial charge in [0.15, 0.2) is 0 Å². The molecule has 0 aliphatic carbocycles. The van der Waals surface area contributed by atoms with E-state index in [0.29, 0.717) is 32.5 Å². The smallest absolute Gasteiger partial charge is 0.228 e. The Bertz CT molecular complexity index is 386. The first-order chi connectivity index (χ1) is 9.42. The van der Waals surface area contributed by atoms with Gasteiger partial charge in [0.2, 0.25) is 11.8 Å². The van der Waals surface area contributed by atoms with E-state index >= 15 is 0 Å². The normalized spacial score (nSPS) is 30.6. The van der Waals surface area contributed by atoms with E-state index in [2.05, 4.69) is 0 Å². The fourth-order valence-electron chi connectivity index (χ4n) is 3.23. The van der Waals surface area contributed by atoms with Gasteiger partial charge < -0.3 is 19.8 Å². The summed E-state index contributed by atoms with van der Waals surface area (Å²) in [6, 6.07) is 0.0540. The average molecular weight is 283 g/mol. The highest BCUT2D eigenvalue weighted by molar-refractivity contribution is 5.89. The Morgan fingerprint density at radius 2 is 2.10 bits per heavy atom. The Labute approximate surface area is 120 Å². The van der Waals surface area contributed by atoms with Crippen molar-refractivity contribution in [2.24, 2.45) is 5.92 Å². The zero-order valence-electron chi connectivity index (χ0n) is 12.6. The molecule has 0 aromatic heterocycles. The Morgan fingerprint density at radius 1 is 1.40 bits per heavy atom. The summed E-state index contributed by atoms with van der Waals surface area (Å²) in [5.41, 5.74) is 0. The molecule has 3 atom stereocenters. The maximum Gasteiger partial charge on any atom is 0.228 e. The number of amides is 2. The van der Waals surface area contributed by atoms with Crippen LogP contribution < -0.4 is 0 Å². The summed E-state index contributed by atoms with van der Waals surface area (Å²) in [6.45, 7) is 4.26. The maximum atomic E-state index is 12.6. The van der Waals surface area contributed by atoms with Crippen molar-refractivity contribution in [1.82, 2.24) is 14.7 Å². The Balaban J connectivity index is 2.02. The van der Waals surface area contributed by atoms with E-state index in [0.717, 1.165) is 6.54 Å². The van der Waals surface area contributed by atoms with Crippen molar-refractivity contribution in [3.05, 3.63) is 0 Å². The molecular formula is C14H25N3O3. The Morgan fingerprint density at radius 3 is 2.65 bits per heavy atom. The third-order valence-corrected chi connectivity index (χ3v) is 4.20. The molecule has 0 aromatic rings. The topological polar surface area (TPSA) is 64.1 Å². The molecule has 0 bridgehead atoms. The van der Waals surface area contributed by atoms with Crippen LogP contribution in [0.3, 0.4) is 0 Å². The maximum absolute atomic E-state index is 12.6. The lowest BCUT2D eigenvalue weighted by Crippen LogP contribution is -2.44. The van der Waals surface area contributed by atoms with E-state index in [1.54, 1.807) is 9.80 Å². The molecular weight excluding hydrogens is 258 g/mol. The van der Waals surface area contributed by atoms with Crippen molar-refractivity contribution in [2.75, 3.05) is 40.3 Å². The molecule has 20 heavy (non-hydrogen) atoms. The van der Waals surface area contributed by atoms with E-state index in [1.807, 2.05) is 25.9 Å². The fourth-order valence-corrected chi connectivity index (χ4v) is 3.23. The number of hydrogen-bond acceptors (Lipinski definition) is 4. The molecule has 6 heteroatoms. The summed E-state index contributed by atoms with van der Waals surface area (Å²) in [5, 5.41) is 9.83. The summed E-state index contributed by atoms with van der Waals surface area (Å²) < 4.78 is 0. The molecule has 0 radical (unpaired) electrons. The second-order valence-corrected chi connectivity index (χ2v) is 6.13. The van der Waals surface area contributed by atoms with Gasteiger partial charge in [0, 0.05) is 38.6 Å². The number of likely N-dealkylation sites (N-methyl/N-ethyl adjacent to an activating group) is 1. The highest BCUT2D eigenvalue weighted by Gasteiger charge is 2.41. The molecule has 1 N–H and O–H groups in total. The molecule has 2 aliphatic heterocycles. The third kappa shape index (κ3) is 3.12. The number of aliphatic hydroxyl groups is 1. The van der Waals surface area contributed by atoms with Gasteiger partial charge in [-0.05, 0) is 27.4 Å². The molecule has 2 aliphatic rings. The van der Waals surface area contributed by atoms with E-state index in [9.17, 15) is 14.7 Å². The molecule has 114 valence electrons. The van der Waals surface area contributed by atoms with Crippen molar-refractivity contribution < 1.29 is 14.7 Å². The number of hydrogen-bond donors (Lipinski definition) is 1. The van der Waals surface area contributed by atoms with Crippen molar-refractivity contribution >= 4 is 11.8 Å². The average Bonchev–Trinajstić information content (AvgIpc) is 2.91. The molecule has 0 saturated carbocycles. The zero-order valence-corrected chi connectivity index (χ0v) is 12.6. The van der Waals surface area contributed by atoms with Gasteiger partial charge in [0.05, 0.1) is 12.0 Å². The van der Waals surface area contributed by atoms with Crippen molar-refractivity contribution in [1.29, 1.82) is 0 Å². The standard InChI is InChI=1S/C14H25N3O3/c1-4-16-7-10(5-13(16)19)14(20)17-9-12(18)6-11(17)8-15(2)3/h10-12,18H,4-9H2,1-3H3. The zero-order chi connectivity index (χ0) is 14.9. The fraction of sp³-hybridized carbons (Fsp3) is 0.857. The lowest BCUT2D eigenvalue weighted by molar-refractivity contribution is -0.137. The summed E-state index contributed by atoms with van der Waals surface area (Å²) >= 11 is 0. The van der Waals surface area contributed by atoms with Gasteiger partial charge in [-0.3, -0.25) is 9.59 Å². The predicted molar refractivity (Wildman–Crippen MR) is 75.0 cm³/mol. The van der Waals surface area contributed by atoms with Crippen LogP contribution in [0.2, 0.25) is 0 Å². The van der Waals surface area contributed by atoms with Crippen LogP contribution in [0, 0.1) is 5.92 Å². The first kappa shape index (κ1) is 15.3. The van der Waals surface area contributed by atoms with Crippen LogP contribution in [-0.4, -0.2) is 84.0 Å². The van der Waals surface area contributed by atoms with Crippen LogP contribution in [0.15, 0.2) is 0 Å². The highest BCUT2D eigenvalue weighted by atomic mass is 16.3. The predicted octanol–water partition coefficient (Wildman–Crippen LogP) is -0.622. The highest BCUT2D eigenvalue weighted by Crippen LogP contribution is 2.25. The second-order valence-electron chi connectivity index (χ2n) is 6.13. The van der Waals surface area contributed by atoms with Crippen LogP contribution in [0.4, 0.5) is 0 Å². The number of carbonyl (C=O) groups is 2. The number of rotatable bonds is 4. The quantitative estimate of drug-likeness (QED) is 0.747. The van der Waals surface area contributed by atoms with Gasteiger partial charge in [-0.25, -0.2) is 0 Å². The van der Waals surface area contributed by atoms with Gasteiger partial charge in [-0.1, -0.05) is 0 Å². The molecule has 2 heterocycles. The third-order valence-electron chi connectivity index (χ3n) is 4.20. The lowest BCUT2D eigenvalue weighted by Gasteiger charge is -2.28. The van der Waals surface area contributed by atoms with Crippen molar-refractivity contribution in [3.8, 4) is 0 Å². The number of nitrogens with zero attached hydrogens (tertiary/aromatic N) is 3. The molecule has 2 rings (SSSR count). The van der Waals surface area contributed by atoms with E-state index in [1.165, 1.54) is 0 Å². The van der Waals surface area contributed by atoms with Crippen LogP contribution in [-0.2, 0) is 9.59 Å². The van der Waals surface area contributed by atoms with Crippen molar-refractivity contribution in [2.45, 2.75) is 31.9 Å². The first-order valence-corrected chi connectivity index (χ1v) is 7.33. The van der Waals surface area contributed by atoms with E-state index in [-0.39, 0.29) is 23.8 Å². The molecule has 2 fully saturated rings. The SMILES string of the molecule is CCN1CC(C(=O)N2CC(O)CC2CN(C)C)CC1=O. The summed E-state index contributed by atoms with van der Waals surface area (Å²) in [4.78, 5) is 29.9. The van der Waals surface area contributed by atoms with Crippen LogP contribution in [0.25, 0.3) is 0 Å². The van der Waals surface area contributed by atoms with Crippen LogP contribution in [0.5, 0.6) is 0 Å². The molecule has 0 spiro atoms. The lowest BCUT2D eigenvalue weighted by atomic mass is 10.1. The van der Waals surface area contributed by atoms with Gasteiger partial charge in [0.1, 0.15) is 0 Å². The molecule has 6 nitrogen and oxygen atoms in total. The van der Waals surface area contributed by atoms with Gasteiger partial charge in [0.25, 0.3) is 0 Å². The molecule has 2 saturated heterocycles. The molecule has 2 amide bonds. The molecule has 0 aromatic carbocycles. The Kier molecular flexibility index (Phi) is 4.65. The van der Waals surface area contributed by atoms with Gasteiger partial charge in [-0.2, -0.15) is 0 Å². The summed E-state index contributed by atoms with van der Waals surface area (Å²) in [7, 11) is 3.93.